The van der Waals surface area contributed by atoms with Crippen LogP contribution in [0.15, 0.2) is 34.9 Å². The zero-order valence-corrected chi connectivity index (χ0v) is 14.8. The van der Waals surface area contributed by atoms with Crippen LogP contribution in [0.2, 0.25) is 0 Å². The number of carbonyl (C=O) groups excluding carboxylic acids is 1. The van der Waals surface area contributed by atoms with Crippen molar-refractivity contribution in [2.75, 3.05) is 13.7 Å². The van der Waals surface area contributed by atoms with Crippen LogP contribution in [0.4, 0.5) is 5.69 Å². The van der Waals surface area contributed by atoms with Crippen LogP contribution in [0.3, 0.4) is 0 Å². The number of esters is 1. The van der Waals surface area contributed by atoms with Gasteiger partial charge in [-0.1, -0.05) is 0 Å². The normalized spacial score (nSPS) is 16.4. The molecule has 0 amide bonds. The fraction of sp³-hybridized carbons (Fsp3) is 0.294. The molecule has 3 N–H and O–H groups in total. The summed E-state index contributed by atoms with van der Waals surface area (Å²) in [5.41, 5.74) is 5.14. The summed E-state index contributed by atoms with van der Waals surface area (Å²) in [6, 6.07) is 4.12. The fourth-order valence-corrected chi connectivity index (χ4v) is 2.82. The number of nitro groups is 1. The monoisotopic (exact) mass is 375 g/mol. The van der Waals surface area contributed by atoms with Gasteiger partial charge < -0.3 is 25.1 Å². The van der Waals surface area contributed by atoms with Crippen LogP contribution >= 0.6 is 0 Å². The number of carbonyl (C=O) groups is 1. The summed E-state index contributed by atoms with van der Waals surface area (Å²) < 4.78 is 15.1. The maximum Gasteiger partial charge on any atom is 0.338 e. The lowest BCUT2D eigenvalue weighted by molar-refractivity contribution is -0.385. The van der Waals surface area contributed by atoms with E-state index in [2.05, 4.69) is 0 Å². The van der Waals surface area contributed by atoms with E-state index in [1.165, 1.54) is 20.1 Å². The molecular formula is C17H17N3O7. The fourth-order valence-electron chi connectivity index (χ4n) is 2.82. The zero-order valence-electron chi connectivity index (χ0n) is 14.8. The summed E-state index contributed by atoms with van der Waals surface area (Å²) in [7, 11) is 1.17. The Morgan fingerprint density at radius 1 is 1.52 bits per heavy atom. The van der Waals surface area contributed by atoms with E-state index in [-0.39, 0.29) is 40.7 Å². The molecule has 1 aliphatic heterocycles. The number of phenolic OH excluding ortho intramolecular Hbond substituents is 1. The summed E-state index contributed by atoms with van der Waals surface area (Å²) in [5.74, 6) is -2.90. The summed E-state index contributed by atoms with van der Waals surface area (Å²) in [4.78, 5) is 23.0. The molecule has 0 spiro atoms. The SMILES string of the molecule is CCOC(=O)C1=C(C)OC(N)=C(C#N)C1c1cc(O)c(OC)c([N+](=O)[O-])c1. The second-order valence-electron chi connectivity index (χ2n) is 5.46. The molecule has 1 aliphatic rings. The van der Waals surface area contributed by atoms with Crippen molar-refractivity contribution in [3.05, 3.63) is 50.6 Å². The molecule has 1 atom stereocenters. The molecule has 0 fully saturated rings. The highest BCUT2D eigenvalue weighted by Crippen LogP contribution is 2.45. The van der Waals surface area contributed by atoms with Gasteiger partial charge in [0.1, 0.15) is 17.4 Å². The lowest BCUT2D eigenvalue weighted by Crippen LogP contribution is -2.25. The number of methoxy groups -OCH3 is 1. The van der Waals surface area contributed by atoms with Gasteiger partial charge in [0, 0.05) is 6.07 Å². The Morgan fingerprint density at radius 2 is 2.19 bits per heavy atom. The first kappa shape index (κ1) is 19.6. The first-order chi connectivity index (χ1) is 12.8. The van der Waals surface area contributed by atoms with E-state index in [4.69, 9.17) is 19.9 Å². The van der Waals surface area contributed by atoms with E-state index in [1.807, 2.05) is 6.07 Å². The molecule has 0 aromatic heterocycles. The number of hydrogen-bond donors (Lipinski definition) is 2. The number of benzene rings is 1. The largest absolute Gasteiger partial charge is 0.504 e. The van der Waals surface area contributed by atoms with Crippen molar-refractivity contribution in [1.82, 2.24) is 0 Å². The van der Waals surface area contributed by atoms with Crippen LogP contribution in [-0.2, 0) is 14.3 Å². The smallest absolute Gasteiger partial charge is 0.338 e. The topological polar surface area (TPSA) is 158 Å². The quantitative estimate of drug-likeness (QED) is 0.445. The minimum Gasteiger partial charge on any atom is -0.504 e. The van der Waals surface area contributed by atoms with Crippen molar-refractivity contribution < 1.29 is 29.0 Å². The average Bonchev–Trinajstić information content (AvgIpc) is 2.60. The maximum absolute atomic E-state index is 12.4. The minimum absolute atomic E-state index is 0.0403. The van der Waals surface area contributed by atoms with Crippen LogP contribution in [-0.4, -0.2) is 29.7 Å². The van der Waals surface area contributed by atoms with Crippen molar-refractivity contribution in [3.63, 3.8) is 0 Å². The predicted octanol–water partition coefficient (Wildman–Crippen LogP) is 1.95. The summed E-state index contributed by atoms with van der Waals surface area (Å²) in [6.45, 7) is 3.13. The molecule has 0 radical (unpaired) electrons. The number of nitriles is 1. The lowest BCUT2D eigenvalue weighted by atomic mass is 9.82. The van der Waals surface area contributed by atoms with Gasteiger partial charge in [0.05, 0.1) is 30.1 Å². The van der Waals surface area contributed by atoms with Gasteiger partial charge in [-0.3, -0.25) is 10.1 Å². The molecule has 0 saturated heterocycles. The molecule has 2 rings (SSSR count). The molecular weight excluding hydrogens is 358 g/mol. The summed E-state index contributed by atoms with van der Waals surface area (Å²) >= 11 is 0. The lowest BCUT2D eigenvalue weighted by Gasteiger charge is -2.27. The van der Waals surface area contributed by atoms with E-state index in [0.717, 1.165) is 6.07 Å². The standard InChI is InChI=1S/C17H17N3O7/c1-4-26-17(22)13-8(2)27-16(19)10(7-18)14(13)9-5-11(20(23)24)15(25-3)12(21)6-9/h5-6,14,21H,4,19H2,1-3H3. The molecule has 0 bridgehead atoms. The van der Waals surface area contributed by atoms with Crippen molar-refractivity contribution >= 4 is 11.7 Å². The number of nitro benzene ring substituents is 1. The van der Waals surface area contributed by atoms with E-state index in [1.54, 1.807) is 6.92 Å². The molecule has 1 unspecified atom stereocenters. The van der Waals surface area contributed by atoms with Crippen molar-refractivity contribution in [1.29, 1.82) is 5.26 Å². The van der Waals surface area contributed by atoms with E-state index >= 15 is 0 Å². The second kappa shape index (κ2) is 7.65. The molecule has 27 heavy (non-hydrogen) atoms. The highest BCUT2D eigenvalue weighted by atomic mass is 16.6. The molecule has 142 valence electrons. The predicted molar refractivity (Wildman–Crippen MR) is 91.3 cm³/mol. The Labute approximate surface area is 154 Å². The van der Waals surface area contributed by atoms with Crippen LogP contribution < -0.4 is 10.5 Å². The number of rotatable bonds is 5. The number of aromatic hydroxyl groups is 1. The number of nitrogens with zero attached hydrogens (tertiary/aromatic N) is 2. The van der Waals surface area contributed by atoms with E-state index in [0.29, 0.717) is 0 Å². The highest BCUT2D eigenvalue weighted by molar-refractivity contribution is 5.92. The third-order valence-electron chi connectivity index (χ3n) is 3.91. The third kappa shape index (κ3) is 3.48. The van der Waals surface area contributed by atoms with Crippen LogP contribution in [0.1, 0.15) is 25.3 Å². The Balaban J connectivity index is 2.77. The molecule has 10 nitrogen and oxygen atoms in total. The van der Waals surface area contributed by atoms with Gasteiger partial charge >= 0.3 is 11.7 Å². The van der Waals surface area contributed by atoms with Gasteiger partial charge in [-0.2, -0.15) is 5.26 Å². The Morgan fingerprint density at radius 3 is 2.70 bits per heavy atom. The second-order valence-corrected chi connectivity index (χ2v) is 5.46. The minimum atomic E-state index is -1.11. The first-order valence-corrected chi connectivity index (χ1v) is 7.77. The van der Waals surface area contributed by atoms with Crippen molar-refractivity contribution in [2.45, 2.75) is 19.8 Å². The van der Waals surface area contributed by atoms with Crippen LogP contribution in [0.25, 0.3) is 0 Å². The molecule has 10 heteroatoms. The maximum atomic E-state index is 12.4. The van der Waals surface area contributed by atoms with E-state index < -0.39 is 28.2 Å². The third-order valence-corrected chi connectivity index (χ3v) is 3.91. The van der Waals surface area contributed by atoms with Crippen molar-refractivity contribution in [3.8, 4) is 17.6 Å². The van der Waals surface area contributed by atoms with Gasteiger partial charge in [-0.25, -0.2) is 4.79 Å². The number of nitrogens with two attached hydrogens (primary N) is 1. The molecule has 0 saturated carbocycles. The summed E-state index contributed by atoms with van der Waals surface area (Å²) in [5, 5.41) is 31.0. The number of ether oxygens (including phenoxy) is 3. The van der Waals surface area contributed by atoms with Gasteiger partial charge in [0.15, 0.2) is 5.75 Å². The van der Waals surface area contributed by atoms with Gasteiger partial charge in [-0.05, 0) is 25.5 Å². The van der Waals surface area contributed by atoms with Gasteiger partial charge in [-0.15, -0.1) is 0 Å². The van der Waals surface area contributed by atoms with Crippen molar-refractivity contribution in [2.24, 2.45) is 5.73 Å². The molecule has 0 aliphatic carbocycles. The average molecular weight is 375 g/mol. The summed E-state index contributed by atoms with van der Waals surface area (Å²) in [6.07, 6.45) is 0. The van der Waals surface area contributed by atoms with Crippen LogP contribution in [0.5, 0.6) is 11.5 Å². The molecule has 1 aromatic rings. The first-order valence-electron chi connectivity index (χ1n) is 7.77. The highest BCUT2D eigenvalue weighted by Gasteiger charge is 2.38. The zero-order chi connectivity index (χ0) is 20.3. The number of allylic oxidation sites excluding steroid dienone is 2. The van der Waals surface area contributed by atoms with Crippen LogP contribution in [0, 0.1) is 21.4 Å². The number of hydrogen-bond acceptors (Lipinski definition) is 9. The Hall–Kier alpha value is -3.74. The Kier molecular flexibility index (Phi) is 5.55. The van der Waals surface area contributed by atoms with E-state index in [9.17, 15) is 25.3 Å². The van der Waals surface area contributed by atoms with Gasteiger partial charge in [0.2, 0.25) is 11.6 Å². The molecule has 1 heterocycles. The Bertz CT molecular complexity index is 912. The van der Waals surface area contributed by atoms with Gasteiger partial charge in [0.25, 0.3) is 0 Å². The molecule has 1 aromatic carbocycles. The number of phenols is 1.